The van der Waals surface area contributed by atoms with E-state index in [0.717, 1.165) is 0 Å². The Hall–Kier alpha value is -0.433. The lowest BCUT2D eigenvalue weighted by atomic mass is 10.1. The molecule has 5 nitrogen and oxygen atoms in total. The molecular weight excluding hydrogens is 276 g/mol. The van der Waals surface area contributed by atoms with Crippen LogP contribution in [0.1, 0.15) is 33.6 Å². The first kappa shape index (κ1) is 17.6. The number of aliphatic hydroxyl groups is 2. The maximum Gasteiger partial charge on any atom is 0.308 e. The predicted octanol–water partition coefficient (Wildman–Crippen LogP) is 1.47. The lowest BCUT2D eigenvalue weighted by Gasteiger charge is -2.21. The van der Waals surface area contributed by atoms with Crippen LogP contribution in [-0.2, 0) is 14.3 Å². The van der Waals surface area contributed by atoms with Gasteiger partial charge in [-0.25, -0.2) is 0 Å². The summed E-state index contributed by atoms with van der Waals surface area (Å²) in [6.45, 7) is 11.9. The molecule has 0 aliphatic carbocycles. The van der Waals surface area contributed by atoms with Crippen LogP contribution in [0.2, 0.25) is 19.6 Å². The molecule has 1 aliphatic heterocycles. The molecule has 1 heterocycles. The van der Waals surface area contributed by atoms with Gasteiger partial charge in [0.2, 0.25) is 0 Å². The number of ether oxygens (including phenoxy) is 2. The van der Waals surface area contributed by atoms with Crippen LogP contribution in [0.3, 0.4) is 0 Å². The van der Waals surface area contributed by atoms with Crippen LogP contribution in [0.15, 0.2) is 0 Å². The van der Waals surface area contributed by atoms with Crippen LogP contribution in [0.5, 0.6) is 0 Å². The molecule has 0 unspecified atom stereocenters. The summed E-state index contributed by atoms with van der Waals surface area (Å²) in [6.07, 6.45) is -1.76. The fourth-order valence-electron chi connectivity index (χ4n) is 2.19. The fourth-order valence-corrected chi connectivity index (χ4v) is 3.96. The van der Waals surface area contributed by atoms with Gasteiger partial charge in [0.1, 0.15) is 11.7 Å². The molecule has 0 aromatic carbocycles. The molecule has 1 rings (SSSR count). The van der Waals surface area contributed by atoms with E-state index >= 15 is 0 Å². The molecule has 0 aromatic heterocycles. The summed E-state index contributed by atoms with van der Waals surface area (Å²) in [4.78, 5) is 11.6. The third-order valence-electron chi connectivity index (χ3n) is 3.09. The van der Waals surface area contributed by atoms with E-state index in [2.05, 4.69) is 19.6 Å². The van der Waals surface area contributed by atoms with Gasteiger partial charge in [0, 0.05) is 6.42 Å². The average Bonchev–Trinajstić information content (AvgIpc) is 2.90. The van der Waals surface area contributed by atoms with Gasteiger partial charge in [0.25, 0.3) is 0 Å². The molecule has 1 saturated heterocycles. The van der Waals surface area contributed by atoms with Gasteiger partial charge in [-0.15, -0.1) is 0 Å². The van der Waals surface area contributed by atoms with Crippen molar-refractivity contribution >= 4 is 14.0 Å². The molecule has 4 atom stereocenters. The highest BCUT2D eigenvalue weighted by molar-refractivity contribution is 6.78. The van der Waals surface area contributed by atoms with Crippen molar-refractivity contribution in [3.8, 4) is 0 Å². The second-order valence-electron chi connectivity index (χ2n) is 7.63. The second-order valence-corrected chi connectivity index (χ2v) is 12.9. The van der Waals surface area contributed by atoms with Gasteiger partial charge in [0.15, 0.2) is 0 Å². The number of aliphatic hydroxyl groups excluding tert-OH is 2. The summed E-state index contributed by atoms with van der Waals surface area (Å²) < 4.78 is 10.7. The maximum atomic E-state index is 11.6. The number of hydrogen-bond donors (Lipinski definition) is 2. The van der Waals surface area contributed by atoms with E-state index in [1.165, 1.54) is 0 Å². The van der Waals surface area contributed by atoms with E-state index in [4.69, 9.17) is 9.47 Å². The van der Waals surface area contributed by atoms with E-state index in [9.17, 15) is 15.0 Å². The zero-order valence-electron chi connectivity index (χ0n) is 13.3. The Morgan fingerprint density at radius 3 is 2.25 bits per heavy atom. The third kappa shape index (κ3) is 5.91. The highest BCUT2D eigenvalue weighted by atomic mass is 28.3. The molecule has 2 N–H and O–H groups in total. The monoisotopic (exact) mass is 304 g/mol. The molecular formula is C14H28O5Si. The first-order chi connectivity index (χ1) is 8.90. The molecule has 0 amide bonds. The first-order valence-electron chi connectivity index (χ1n) is 7.13. The lowest BCUT2D eigenvalue weighted by Crippen LogP contribution is -2.35. The molecule has 0 radical (unpaired) electrons. The number of epoxide rings is 1. The number of esters is 1. The summed E-state index contributed by atoms with van der Waals surface area (Å²) in [6, 6.07) is 0. The first-order valence-corrected chi connectivity index (χ1v) is 10.7. The van der Waals surface area contributed by atoms with Gasteiger partial charge in [-0.2, -0.15) is 0 Å². The van der Waals surface area contributed by atoms with Crippen LogP contribution in [0, 0.1) is 0 Å². The van der Waals surface area contributed by atoms with Crippen LogP contribution in [0.25, 0.3) is 0 Å². The molecule has 0 aromatic rings. The standard InChI is InChI=1S/C14H28O5Si/c1-14(2,3)19-11(17)8-9(15)7-10(16)12-13(18-12)20(4,5)6/h9-10,12-13,15-16H,7-8H2,1-6H3/t9-,10+,12+,13-/m1/s1. The highest BCUT2D eigenvalue weighted by Crippen LogP contribution is 2.35. The summed E-state index contributed by atoms with van der Waals surface area (Å²) in [5.74, 6) is -0.448. The van der Waals surface area contributed by atoms with E-state index < -0.39 is 31.9 Å². The SMILES string of the molecule is CC(C)(C)OC(=O)C[C@H](O)C[C@H](O)[C@@H]1O[C@@H]1[Si](C)(C)C. The fraction of sp³-hybridized carbons (Fsp3) is 0.929. The number of carbonyl (C=O) groups is 1. The minimum atomic E-state index is -1.42. The van der Waals surface area contributed by atoms with E-state index in [0.29, 0.717) is 0 Å². The molecule has 0 spiro atoms. The molecule has 0 bridgehead atoms. The van der Waals surface area contributed by atoms with E-state index in [-0.39, 0.29) is 24.7 Å². The molecule has 1 fully saturated rings. The molecule has 118 valence electrons. The van der Waals surface area contributed by atoms with Gasteiger partial charge in [0.05, 0.1) is 32.4 Å². The Balaban J connectivity index is 2.33. The Bertz CT molecular complexity index is 344. The van der Waals surface area contributed by atoms with Crippen molar-refractivity contribution < 1.29 is 24.5 Å². The normalized spacial score (nSPS) is 26.0. The van der Waals surface area contributed by atoms with E-state index in [1.54, 1.807) is 20.8 Å². The van der Waals surface area contributed by atoms with Crippen LogP contribution < -0.4 is 0 Å². The van der Waals surface area contributed by atoms with Gasteiger partial charge >= 0.3 is 5.97 Å². The Kier molecular flexibility index (Phi) is 5.40. The van der Waals surface area contributed by atoms with Gasteiger partial charge in [-0.05, 0) is 20.8 Å². The predicted molar refractivity (Wildman–Crippen MR) is 79.1 cm³/mol. The lowest BCUT2D eigenvalue weighted by molar-refractivity contribution is -0.157. The van der Waals surface area contributed by atoms with Crippen molar-refractivity contribution in [1.82, 2.24) is 0 Å². The van der Waals surface area contributed by atoms with Crippen molar-refractivity contribution in [1.29, 1.82) is 0 Å². The molecule has 20 heavy (non-hydrogen) atoms. The summed E-state index contributed by atoms with van der Waals surface area (Å²) in [5.41, 5.74) is -0.413. The molecule has 0 saturated carbocycles. The second kappa shape index (κ2) is 6.13. The van der Waals surface area contributed by atoms with Crippen LogP contribution in [0.4, 0.5) is 0 Å². The smallest absolute Gasteiger partial charge is 0.308 e. The Labute approximate surface area is 122 Å². The molecule has 1 aliphatic rings. The van der Waals surface area contributed by atoms with Crippen molar-refractivity contribution in [3.63, 3.8) is 0 Å². The van der Waals surface area contributed by atoms with Crippen LogP contribution in [-0.4, -0.2) is 53.9 Å². The van der Waals surface area contributed by atoms with Crippen molar-refractivity contribution in [2.75, 3.05) is 0 Å². The maximum absolute atomic E-state index is 11.6. The number of hydrogen-bond acceptors (Lipinski definition) is 5. The molecule has 6 heteroatoms. The summed E-state index contributed by atoms with van der Waals surface area (Å²) in [7, 11) is -1.42. The van der Waals surface area contributed by atoms with Crippen molar-refractivity contribution in [3.05, 3.63) is 0 Å². The number of carbonyl (C=O) groups excluding carboxylic acids is 1. The topological polar surface area (TPSA) is 79.3 Å². The largest absolute Gasteiger partial charge is 0.460 e. The highest BCUT2D eigenvalue weighted by Gasteiger charge is 2.51. The zero-order valence-corrected chi connectivity index (χ0v) is 14.3. The summed E-state index contributed by atoms with van der Waals surface area (Å²) in [5, 5.41) is 19.9. The Morgan fingerprint density at radius 1 is 1.30 bits per heavy atom. The minimum absolute atomic E-state index is 0.0985. The quantitative estimate of drug-likeness (QED) is 0.441. The third-order valence-corrected chi connectivity index (χ3v) is 5.27. The van der Waals surface area contributed by atoms with Gasteiger partial charge in [-0.1, -0.05) is 19.6 Å². The van der Waals surface area contributed by atoms with Gasteiger partial charge < -0.3 is 19.7 Å². The minimum Gasteiger partial charge on any atom is -0.460 e. The zero-order chi connectivity index (χ0) is 15.7. The number of rotatable bonds is 6. The average molecular weight is 304 g/mol. The van der Waals surface area contributed by atoms with Crippen molar-refractivity contribution in [2.24, 2.45) is 0 Å². The Morgan fingerprint density at radius 2 is 1.85 bits per heavy atom. The van der Waals surface area contributed by atoms with Gasteiger partial charge in [-0.3, -0.25) is 4.79 Å². The van der Waals surface area contributed by atoms with E-state index in [1.807, 2.05) is 0 Å². The van der Waals surface area contributed by atoms with Crippen LogP contribution >= 0.6 is 0 Å². The summed E-state index contributed by atoms with van der Waals surface area (Å²) >= 11 is 0. The van der Waals surface area contributed by atoms with Crippen molar-refractivity contribution in [2.45, 2.75) is 82.9 Å².